The smallest absolute Gasteiger partial charge is 0.343 e. The minimum Gasteiger partial charge on any atom is -0.494 e. The number of carbonyl (C=O) groups excluding carboxylic acids is 2. The van der Waals surface area contributed by atoms with Gasteiger partial charge < -0.3 is 29.2 Å². The summed E-state index contributed by atoms with van der Waals surface area (Å²) < 4.78 is 20.9. The summed E-state index contributed by atoms with van der Waals surface area (Å²) in [5.74, 6) is 0.330. The molecule has 0 amide bonds. The van der Waals surface area contributed by atoms with Gasteiger partial charge in [0.1, 0.15) is 18.1 Å². The van der Waals surface area contributed by atoms with Gasteiger partial charge in [0.25, 0.3) is 0 Å². The van der Waals surface area contributed by atoms with E-state index in [-0.39, 0.29) is 13.2 Å². The Balaban J connectivity index is 0. The van der Waals surface area contributed by atoms with Crippen LogP contribution in [0.15, 0.2) is 73.6 Å². The summed E-state index contributed by atoms with van der Waals surface area (Å²) in [4.78, 5) is 23.1. The Bertz CT molecular complexity index is 931. The fourth-order valence-corrected chi connectivity index (χ4v) is 3.34. The second-order valence-corrected chi connectivity index (χ2v) is 10.1. The average molecular weight is 591 g/mol. The van der Waals surface area contributed by atoms with Gasteiger partial charge in [-0.15, -0.1) is 6.58 Å². The second-order valence-electron chi connectivity index (χ2n) is 10.1. The van der Waals surface area contributed by atoms with Crippen molar-refractivity contribution >= 4 is 11.9 Å². The molecule has 1 aromatic carbocycles. The molecule has 8 heteroatoms. The highest BCUT2D eigenvalue weighted by atomic mass is 16.5. The second kappa shape index (κ2) is 25.5. The topological polar surface area (TPSA) is 112 Å². The van der Waals surface area contributed by atoms with E-state index in [1.807, 2.05) is 27.7 Å². The number of allylic oxidation sites excluding steroid dienone is 4. The Morgan fingerprint density at radius 3 is 2.07 bits per heavy atom. The molecule has 1 rings (SSSR count). The molecule has 8 nitrogen and oxygen atoms in total. The van der Waals surface area contributed by atoms with Gasteiger partial charge in [0.05, 0.1) is 24.9 Å². The highest BCUT2D eigenvalue weighted by Gasteiger charge is 2.29. The molecule has 1 atom stereocenters. The fraction of sp³-hybridized carbons (Fsp3) is 0.529. The quantitative estimate of drug-likeness (QED) is 0.0471. The zero-order valence-electron chi connectivity index (χ0n) is 26.7. The van der Waals surface area contributed by atoms with Crippen LogP contribution < -0.4 is 4.74 Å². The number of carbonyl (C=O) groups is 2. The Morgan fingerprint density at radius 1 is 1.02 bits per heavy atom. The van der Waals surface area contributed by atoms with E-state index in [2.05, 4.69) is 24.5 Å². The minimum atomic E-state index is -0.494. The van der Waals surface area contributed by atoms with Gasteiger partial charge in [-0.05, 0) is 76.3 Å². The fourth-order valence-electron chi connectivity index (χ4n) is 3.34. The van der Waals surface area contributed by atoms with Crippen LogP contribution >= 0.6 is 0 Å². The molecule has 0 aliphatic carbocycles. The first-order valence-corrected chi connectivity index (χ1v) is 14.4. The van der Waals surface area contributed by atoms with Crippen molar-refractivity contribution < 1.29 is 38.7 Å². The van der Waals surface area contributed by atoms with Crippen LogP contribution in [0.1, 0.15) is 83.5 Å². The number of esters is 2. The van der Waals surface area contributed by atoms with E-state index in [9.17, 15) is 14.7 Å². The molecule has 2 N–H and O–H groups in total. The molecular formula is C34H54O8. The molecule has 42 heavy (non-hydrogen) atoms. The van der Waals surface area contributed by atoms with E-state index in [1.54, 1.807) is 56.5 Å². The zero-order valence-corrected chi connectivity index (χ0v) is 26.7. The molecule has 0 spiro atoms. The molecule has 1 unspecified atom stereocenters. The predicted octanol–water partition coefficient (Wildman–Crippen LogP) is 6.98. The highest BCUT2D eigenvalue weighted by molar-refractivity contribution is 5.90. The van der Waals surface area contributed by atoms with Crippen molar-refractivity contribution in [3.05, 3.63) is 79.1 Å². The third kappa shape index (κ3) is 20.6. The van der Waals surface area contributed by atoms with Crippen LogP contribution in [0.4, 0.5) is 0 Å². The molecule has 0 radical (unpaired) electrons. The summed E-state index contributed by atoms with van der Waals surface area (Å²) in [6, 6.07) is 6.97. The summed E-state index contributed by atoms with van der Waals surface area (Å²) >= 11 is 0. The molecule has 0 heterocycles. The van der Waals surface area contributed by atoms with Crippen LogP contribution in [-0.2, 0) is 19.0 Å². The Hall–Kier alpha value is -3.20. The largest absolute Gasteiger partial charge is 0.494 e. The van der Waals surface area contributed by atoms with E-state index in [0.29, 0.717) is 36.3 Å². The van der Waals surface area contributed by atoms with Gasteiger partial charge >= 0.3 is 11.9 Å². The third-order valence-electron chi connectivity index (χ3n) is 5.63. The molecule has 0 aromatic heterocycles. The summed E-state index contributed by atoms with van der Waals surface area (Å²) in [7, 11) is 1.72. The van der Waals surface area contributed by atoms with E-state index in [1.165, 1.54) is 0 Å². The van der Waals surface area contributed by atoms with Gasteiger partial charge in [-0.2, -0.15) is 0 Å². The van der Waals surface area contributed by atoms with Gasteiger partial charge in [-0.1, -0.05) is 52.5 Å². The van der Waals surface area contributed by atoms with Crippen LogP contribution in [0.3, 0.4) is 0 Å². The lowest BCUT2D eigenvalue weighted by Gasteiger charge is -2.29. The van der Waals surface area contributed by atoms with Crippen molar-refractivity contribution in [1.82, 2.24) is 0 Å². The van der Waals surface area contributed by atoms with Crippen LogP contribution in [0.25, 0.3) is 0 Å². The third-order valence-corrected chi connectivity index (χ3v) is 5.63. The first-order valence-electron chi connectivity index (χ1n) is 14.4. The number of methoxy groups -OCH3 is 1. The molecular weight excluding hydrogens is 536 g/mol. The SMILES string of the molecule is C=C(C)C(=O)OCCO.C=C/C=C(/OC(=O)c1ccc(OCCCCCCOC)cc1)C(C)(C)CC(O)CC.C=CC. The summed E-state index contributed by atoms with van der Waals surface area (Å²) in [6.45, 7) is 21.0. The van der Waals surface area contributed by atoms with E-state index >= 15 is 0 Å². The number of aliphatic hydroxyl groups excluding tert-OH is 2. The van der Waals surface area contributed by atoms with E-state index in [0.717, 1.165) is 38.0 Å². The van der Waals surface area contributed by atoms with Crippen LogP contribution in [0, 0.1) is 5.41 Å². The minimum absolute atomic E-state index is 0.0473. The lowest BCUT2D eigenvalue weighted by atomic mass is 9.83. The number of aliphatic hydroxyl groups is 2. The maximum atomic E-state index is 12.6. The van der Waals surface area contributed by atoms with Crippen molar-refractivity contribution in [3.63, 3.8) is 0 Å². The molecule has 0 saturated carbocycles. The molecule has 0 fully saturated rings. The molecule has 0 aliphatic rings. The van der Waals surface area contributed by atoms with E-state index in [4.69, 9.17) is 19.3 Å². The Kier molecular flexibility index (Phi) is 24.9. The van der Waals surface area contributed by atoms with Gasteiger partial charge in [-0.25, -0.2) is 9.59 Å². The normalized spacial score (nSPS) is 11.5. The summed E-state index contributed by atoms with van der Waals surface area (Å²) in [5, 5.41) is 18.2. The maximum absolute atomic E-state index is 12.6. The standard InChI is InChI=1S/C25H38O5.C6H10O3.C3H6/c1-6-12-23(25(3,4)19-21(26)7-2)30-24(27)20-13-15-22(16-14-20)29-18-11-9-8-10-17-28-5;1-5(2)6(8)9-4-3-7;1-3-2/h6,12-16,21,26H,1,7-11,17-19H2,2-5H3;7H,1,3-4H2,2H3;3H,1H2,2H3/b23-12+;;. The Morgan fingerprint density at radius 2 is 1.60 bits per heavy atom. The number of hydrogen-bond donors (Lipinski definition) is 2. The number of unbranched alkanes of at least 4 members (excludes halogenated alkanes) is 3. The van der Waals surface area contributed by atoms with Crippen LogP contribution in [0.5, 0.6) is 5.75 Å². The number of ether oxygens (including phenoxy) is 4. The molecule has 0 bridgehead atoms. The maximum Gasteiger partial charge on any atom is 0.343 e. The molecule has 0 aliphatic heterocycles. The lowest BCUT2D eigenvalue weighted by Crippen LogP contribution is -2.25. The lowest BCUT2D eigenvalue weighted by molar-refractivity contribution is -0.139. The van der Waals surface area contributed by atoms with Crippen molar-refractivity contribution in [2.45, 2.75) is 79.2 Å². The van der Waals surface area contributed by atoms with Gasteiger partial charge in [0.15, 0.2) is 0 Å². The zero-order chi connectivity index (χ0) is 32.4. The highest BCUT2D eigenvalue weighted by Crippen LogP contribution is 2.34. The van der Waals surface area contributed by atoms with Crippen molar-refractivity contribution in [2.24, 2.45) is 5.41 Å². The molecule has 0 saturated heterocycles. The van der Waals surface area contributed by atoms with E-state index < -0.39 is 23.5 Å². The monoisotopic (exact) mass is 590 g/mol. The number of rotatable bonds is 18. The Labute approximate surface area is 253 Å². The summed E-state index contributed by atoms with van der Waals surface area (Å²) in [6.07, 6.45) is 10.0. The van der Waals surface area contributed by atoms with Crippen molar-refractivity contribution in [3.8, 4) is 5.75 Å². The van der Waals surface area contributed by atoms with Crippen LogP contribution in [-0.4, -0.2) is 61.8 Å². The van der Waals surface area contributed by atoms with Crippen molar-refractivity contribution in [1.29, 1.82) is 0 Å². The van der Waals surface area contributed by atoms with Gasteiger partial charge in [0, 0.05) is 24.7 Å². The first kappa shape index (κ1) is 40.9. The first-order chi connectivity index (χ1) is 19.9. The predicted molar refractivity (Wildman–Crippen MR) is 169 cm³/mol. The van der Waals surface area contributed by atoms with Gasteiger partial charge in [-0.3, -0.25) is 0 Å². The average Bonchev–Trinajstić information content (AvgIpc) is 2.95. The van der Waals surface area contributed by atoms with Crippen LogP contribution in [0.2, 0.25) is 0 Å². The molecule has 238 valence electrons. The molecule has 1 aromatic rings. The summed E-state index contributed by atoms with van der Waals surface area (Å²) in [5.41, 5.74) is 0.304. The van der Waals surface area contributed by atoms with Crippen molar-refractivity contribution in [2.75, 3.05) is 33.5 Å². The van der Waals surface area contributed by atoms with Gasteiger partial charge in [0.2, 0.25) is 0 Å². The number of hydrogen-bond acceptors (Lipinski definition) is 8. The number of benzene rings is 1.